The number of aliphatic imine (C=N–C) groups is 1. The van der Waals surface area contributed by atoms with Gasteiger partial charge in [-0.3, -0.25) is 4.99 Å². The van der Waals surface area contributed by atoms with E-state index in [0.717, 1.165) is 65.4 Å². The Kier molecular flexibility index (Phi) is 27.2. The topological polar surface area (TPSA) is 15.6 Å². The summed E-state index contributed by atoms with van der Waals surface area (Å²) >= 11 is 0. The fourth-order valence-corrected chi connectivity index (χ4v) is 8.03. The van der Waals surface area contributed by atoms with E-state index in [1.54, 1.807) is 25.2 Å². The van der Waals surface area contributed by atoms with Gasteiger partial charge in [0.1, 0.15) is 5.83 Å². The van der Waals surface area contributed by atoms with Crippen LogP contribution in [0.2, 0.25) is 0 Å². The Hall–Kier alpha value is -4.24. The van der Waals surface area contributed by atoms with Gasteiger partial charge in [-0.1, -0.05) is 154 Å². The fraction of sp³-hybridized carbons (Fsp3) is 0.508. The number of hydrogen-bond donors (Lipinski definition) is 0. The first-order valence-corrected chi connectivity index (χ1v) is 23.3. The number of hydrogen-bond acceptors (Lipinski definition) is 2. The van der Waals surface area contributed by atoms with Gasteiger partial charge in [0, 0.05) is 30.4 Å². The lowest BCUT2D eigenvalue weighted by atomic mass is 9.71. The smallest absolute Gasteiger partial charge is 0.125 e. The molecule has 2 fully saturated rings. The van der Waals surface area contributed by atoms with Crippen LogP contribution in [0.5, 0.6) is 0 Å². The van der Waals surface area contributed by atoms with Gasteiger partial charge in [-0.15, -0.1) is 0 Å². The summed E-state index contributed by atoms with van der Waals surface area (Å²) in [7, 11) is 0. The molecule has 2 nitrogen and oxygen atoms in total. The molecule has 0 amide bonds. The van der Waals surface area contributed by atoms with E-state index in [-0.39, 0.29) is 11.2 Å². The maximum atomic E-state index is 12.4. The quantitative estimate of drug-likeness (QED) is 0.0866. The maximum absolute atomic E-state index is 12.4. The molecule has 3 rings (SSSR count). The molecule has 1 saturated heterocycles. The van der Waals surface area contributed by atoms with Gasteiger partial charge in [0.05, 0.1) is 5.70 Å². The Labute approximate surface area is 383 Å². The first kappa shape index (κ1) is 57.8. The Morgan fingerprint density at radius 3 is 2.05 bits per heavy atom. The normalized spacial score (nSPS) is 19.4. The first-order valence-electron chi connectivity index (χ1n) is 23.3. The predicted molar refractivity (Wildman–Crippen MR) is 281 cm³/mol. The molecule has 1 aliphatic carbocycles. The maximum Gasteiger partial charge on any atom is 0.125 e. The number of benzene rings is 1. The van der Waals surface area contributed by atoms with Crippen molar-refractivity contribution in [1.82, 2.24) is 4.90 Å². The van der Waals surface area contributed by atoms with Crippen molar-refractivity contribution in [2.24, 2.45) is 28.2 Å². The van der Waals surface area contributed by atoms with E-state index in [1.165, 1.54) is 72.4 Å². The second-order valence-corrected chi connectivity index (χ2v) is 19.3. The fourth-order valence-electron chi connectivity index (χ4n) is 8.03. The minimum Gasteiger partial charge on any atom is -0.370 e. The molecular formula is C59H91FN2. The lowest BCUT2D eigenvalue weighted by Crippen LogP contribution is -2.32. The van der Waals surface area contributed by atoms with Crippen LogP contribution in [0, 0.1) is 30.1 Å². The second-order valence-electron chi connectivity index (χ2n) is 19.3. The zero-order chi connectivity index (χ0) is 47.8. The molecule has 2 aliphatic rings. The third-order valence-corrected chi connectivity index (χ3v) is 12.0. The monoisotopic (exact) mass is 847 g/mol. The van der Waals surface area contributed by atoms with Crippen molar-refractivity contribution < 1.29 is 4.39 Å². The number of rotatable bonds is 17. The number of nitrogens with zero attached hydrogens (tertiary/aromatic N) is 2. The molecule has 1 aliphatic heterocycles. The van der Waals surface area contributed by atoms with Crippen LogP contribution in [-0.4, -0.2) is 24.2 Å². The number of halogens is 1. The van der Waals surface area contributed by atoms with E-state index in [4.69, 9.17) is 0 Å². The van der Waals surface area contributed by atoms with Crippen LogP contribution in [0.3, 0.4) is 0 Å². The average Bonchev–Trinajstić information content (AvgIpc) is 3.65. The lowest BCUT2D eigenvalue weighted by molar-refractivity contribution is 0.166. The number of likely N-dealkylation sites (tertiary alicyclic amines) is 1. The van der Waals surface area contributed by atoms with Gasteiger partial charge < -0.3 is 4.90 Å². The highest BCUT2D eigenvalue weighted by Gasteiger charge is 2.42. The molecule has 1 unspecified atom stereocenters. The summed E-state index contributed by atoms with van der Waals surface area (Å²) in [5.41, 5.74) is 12.5. The molecule has 344 valence electrons. The third kappa shape index (κ3) is 19.9. The van der Waals surface area contributed by atoms with Crippen molar-refractivity contribution in [2.75, 3.05) is 13.1 Å². The summed E-state index contributed by atoms with van der Waals surface area (Å²) in [6.07, 6.45) is 26.2. The van der Waals surface area contributed by atoms with E-state index in [2.05, 4.69) is 169 Å². The Morgan fingerprint density at radius 1 is 0.984 bits per heavy atom. The minimum absolute atomic E-state index is 0.111. The minimum atomic E-state index is -0.256. The number of aryl methyl sites for hydroxylation is 1. The molecule has 0 bridgehead atoms. The molecule has 0 radical (unpaired) electrons. The van der Waals surface area contributed by atoms with Crippen molar-refractivity contribution in [1.29, 1.82) is 0 Å². The van der Waals surface area contributed by atoms with Crippen LogP contribution in [0.15, 0.2) is 150 Å². The van der Waals surface area contributed by atoms with E-state index in [9.17, 15) is 4.39 Å². The first-order chi connectivity index (χ1) is 29.0. The van der Waals surface area contributed by atoms with Gasteiger partial charge in [-0.05, 0) is 175 Å². The molecule has 1 saturated carbocycles. The van der Waals surface area contributed by atoms with Gasteiger partial charge >= 0.3 is 0 Å². The van der Waals surface area contributed by atoms with Crippen LogP contribution in [0.4, 0.5) is 4.39 Å². The Bertz CT molecular complexity index is 1830. The van der Waals surface area contributed by atoms with E-state index < -0.39 is 0 Å². The number of allylic oxidation sites excluding steroid dienone is 13. The van der Waals surface area contributed by atoms with Crippen LogP contribution in [0.25, 0.3) is 5.57 Å². The van der Waals surface area contributed by atoms with Gasteiger partial charge in [0.25, 0.3) is 0 Å². The SMILES string of the molecule is C=C/C(F)=C(C)\C=C/C.C=C/C=C\C(=C/C)C(=C)N1CCC(C(=C)C)(c2ccc(C(=C)/C=C(/N=CC)C(C)=C(C)C)cc2C)C1.CC(C)C.CCCC(C)(C)CCC1CC(C)C1. The zero-order valence-electron chi connectivity index (χ0n) is 42.8. The zero-order valence-corrected chi connectivity index (χ0v) is 42.8. The summed E-state index contributed by atoms with van der Waals surface area (Å²) < 4.78 is 12.4. The molecule has 0 spiro atoms. The summed E-state index contributed by atoms with van der Waals surface area (Å²) in [4.78, 5) is 6.98. The highest BCUT2D eigenvalue weighted by molar-refractivity contribution is 5.75. The molecule has 0 N–H and O–H groups in total. The Balaban J connectivity index is 0.00000115. The highest BCUT2D eigenvalue weighted by Crippen LogP contribution is 2.44. The van der Waals surface area contributed by atoms with Gasteiger partial charge in [0.15, 0.2) is 0 Å². The lowest BCUT2D eigenvalue weighted by Gasteiger charge is -2.35. The van der Waals surface area contributed by atoms with Gasteiger partial charge in [-0.25, -0.2) is 4.39 Å². The molecule has 62 heavy (non-hydrogen) atoms. The van der Waals surface area contributed by atoms with Gasteiger partial charge in [0.2, 0.25) is 0 Å². The largest absolute Gasteiger partial charge is 0.370 e. The van der Waals surface area contributed by atoms with E-state index >= 15 is 0 Å². The van der Waals surface area contributed by atoms with Gasteiger partial charge in [-0.2, -0.15) is 0 Å². The summed E-state index contributed by atoms with van der Waals surface area (Å²) in [5, 5.41) is 0. The summed E-state index contributed by atoms with van der Waals surface area (Å²) in [5.74, 6) is 2.68. The van der Waals surface area contributed by atoms with Crippen molar-refractivity contribution in [3.63, 3.8) is 0 Å². The predicted octanol–water partition coefficient (Wildman–Crippen LogP) is 18.4. The summed E-state index contributed by atoms with van der Waals surface area (Å²) in [6.45, 7) is 56.4. The molecule has 1 atom stereocenters. The van der Waals surface area contributed by atoms with Crippen molar-refractivity contribution in [3.8, 4) is 0 Å². The second kappa shape index (κ2) is 29.2. The average molecular weight is 847 g/mol. The van der Waals surface area contributed by atoms with Crippen molar-refractivity contribution >= 4 is 11.8 Å². The molecule has 3 heteroatoms. The molecule has 1 heterocycles. The third-order valence-electron chi connectivity index (χ3n) is 12.0. The molecule has 0 aromatic heterocycles. The van der Waals surface area contributed by atoms with Crippen molar-refractivity contribution in [2.45, 2.75) is 161 Å². The van der Waals surface area contributed by atoms with Crippen LogP contribution in [0.1, 0.15) is 165 Å². The van der Waals surface area contributed by atoms with E-state index in [0.29, 0.717) is 11.0 Å². The van der Waals surface area contributed by atoms with Crippen molar-refractivity contribution in [3.05, 3.63) is 161 Å². The molecule has 1 aromatic rings. The highest BCUT2D eigenvalue weighted by atomic mass is 19.1. The van der Waals surface area contributed by atoms with E-state index in [1.807, 2.05) is 26.1 Å². The Morgan fingerprint density at radius 2 is 1.60 bits per heavy atom. The van der Waals surface area contributed by atoms with Crippen LogP contribution >= 0.6 is 0 Å². The molecule has 1 aromatic carbocycles. The van der Waals surface area contributed by atoms with Crippen LogP contribution < -0.4 is 0 Å². The molecular weight excluding hydrogens is 756 g/mol. The summed E-state index contributed by atoms with van der Waals surface area (Å²) in [6, 6.07) is 6.72. The van der Waals surface area contributed by atoms with Crippen LogP contribution in [-0.2, 0) is 5.41 Å². The standard InChI is InChI=1S/C34H44N2.C13H26.C8H11F.C4H10/c1-12-15-16-30(13-2)29(11)36-20-19-34(23-36,25(6)7)32-18-17-31(21-27(32)9)26(8)22-33(35-14-3)28(10)24(4)5;1-5-7-13(3,4)8-6-12-9-11(2)10-12;1-4-6-7(3)8(9)5-2;1-4(2)3/h12-18,21-22H,1,6,8,11,19-20,23H2,2-5,7,9-10H3;11-12H,5-10H2,1-4H3;4-6H,2H2,1,3H3;4H,1-3H3/b16-15-,30-13+,33-22+,35-14?;;6-4-,8-7+;.